The van der Waals surface area contributed by atoms with Gasteiger partial charge in [0.25, 0.3) is 0 Å². The molecule has 6 heteroatoms. The molecule has 0 bridgehead atoms. The van der Waals surface area contributed by atoms with Crippen LogP contribution < -0.4 is 10.2 Å². The first kappa shape index (κ1) is 18.4. The Morgan fingerprint density at radius 3 is 2.48 bits per heavy atom. The Morgan fingerprint density at radius 1 is 1.07 bits per heavy atom. The van der Waals surface area contributed by atoms with Crippen molar-refractivity contribution >= 4 is 22.7 Å². The fourth-order valence-electron chi connectivity index (χ4n) is 2.59. The van der Waals surface area contributed by atoms with Crippen molar-refractivity contribution in [2.45, 2.75) is 20.0 Å². The van der Waals surface area contributed by atoms with E-state index in [1.165, 1.54) is 6.92 Å². The van der Waals surface area contributed by atoms with Crippen LogP contribution in [0.5, 0.6) is 5.75 Å². The molecule has 0 aliphatic heterocycles. The predicted octanol–water partition coefficient (Wildman–Crippen LogP) is 3.62. The number of esters is 1. The van der Waals surface area contributed by atoms with Gasteiger partial charge < -0.3 is 13.9 Å². The van der Waals surface area contributed by atoms with Gasteiger partial charge >= 0.3 is 5.97 Å². The van der Waals surface area contributed by atoms with Gasteiger partial charge in [-0.15, -0.1) is 0 Å². The molecule has 0 unspecified atom stereocenters. The lowest BCUT2D eigenvalue weighted by Crippen LogP contribution is -2.25. The number of Topliss-reactive ketones (excluding diaryl/α,β-unsaturated/α-hetero) is 1. The van der Waals surface area contributed by atoms with E-state index >= 15 is 0 Å². The summed E-state index contributed by atoms with van der Waals surface area (Å²) in [5.41, 5.74) is 0.315. The summed E-state index contributed by atoms with van der Waals surface area (Å²) >= 11 is 0. The maximum atomic E-state index is 12.4. The lowest BCUT2D eigenvalue weighted by atomic mass is 10.1. The first-order valence-corrected chi connectivity index (χ1v) is 8.50. The fourth-order valence-corrected chi connectivity index (χ4v) is 2.59. The van der Waals surface area contributed by atoms with Crippen molar-refractivity contribution in [1.82, 2.24) is 0 Å². The van der Waals surface area contributed by atoms with Crippen molar-refractivity contribution in [2.24, 2.45) is 0 Å². The molecule has 1 atom stereocenters. The highest BCUT2D eigenvalue weighted by Gasteiger charge is 2.22. The predicted molar refractivity (Wildman–Crippen MR) is 99.3 cm³/mol. The van der Waals surface area contributed by atoms with Gasteiger partial charge in [-0.2, -0.15) is 0 Å². The van der Waals surface area contributed by atoms with E-state index in [0.29, 0.717) is 23.3 Å². The normalized spacial score (nSPS) is 11.8. The smallest absolute Gasteiger partial charge is 0.375 e. The lowest BCUT2D eigenvalue weighted by Gasteiger charge is -2.12. The summed E-state index contributed by atoms with van der Waals surface area (Å²) in [6, 6.07) is 14.2. The monoisotopic (exact) mass is 366 g/mol. The van der Waals surface area contributed by atoms with Crippen molar-refractivity contribution in [2.75, 3.05) is 6.61 Å². The zero-order chi connectivity index (χ0) is 19.4. The molecular weight excluding hydrogens is 348 g/mol. The first-order valence-electron chi connectivity index (χ1n) is 8.50. The van der Waals surface area contributed by atoms with Crippen LogP contribution in [0.15, 0.2) is 63.8 Å². The highest BCUT2D eigenvalue weighted by molar-refractivity contribution is 6.01. The van der Waals surface area contributed by atoms with E-state index in [1.807, 2.05) is 6.92 Å². The Kier molecular flexibility index (Phi) is 5.35. The highest BCUT2D eigenvalue weighted by Crippen LogP contribution is 2.16. The molecule has 0 N–H and O–H groups in total. The Morgan fingerprint density at radius 2 is 1.78 bits per heavy atom. The number of rotatable bonds is 6. The third-order valence-corrected chi connectivity index (χ3v) is 3.94. The average molecular weight is 366 g/mol. The van der Waals surface area contributed by atoms with Crippen LogP contribution in [0, 0.1) is 0 Å². The minimum atomic E-state index is -1.03. The summed E-state index contributed by atoms with van der Waals surface area (Å²) in [4.78, 5) is 36.8. The molecular formula is C21H18O6. The van der Waals surface area contributed by atoms with Gasteiger partial charge in [-0.1, -0.05) is 12.1 Å². The molecule has 1 aromatic heterocycles. The molecule has 0 spiro atoms. The van der Waals surface area contributed by atoms with Crippen LogP contribution in [-0.2, 0) is 4.74 Å². The summed E-state index contributed by atoms with van der Waals surface area (Å²) in [6.45, 7) is 3.86. The molecule has 3 aromatic rings. The minimum Gasteiger partial charge on any atom is -0.494 e. The number of hydrogen-bond donors (Lipinski definition) is 0. The number of carbonyl (C=O) groups is 2. The van der Waals surface area contributed by atoms with Gasteiger partial charge in [-0.3, -0.25) is 9.59 Å². The zero-order valence-corrected chi connectivity index (χ0v) is 14.9. The van der Waals surface area contributed by atoms with Crippen molar-refractivity contribution < 1.29 is 23.5 Å². The molecule has 2 aromatic carbocycles. The van der Waals surface area contributed by atoms with Crippen molar-refractivity contribution in [3.8, 4) is 5.75 Å². The third kappa shape index (κ3) is 4.06. The minimum absolute atomic E-state index is 0.245. The van der Waals surface area contributed by atoms with Crippen molar-refractivity contribution in [3.63, 3.8) is 0 Å². The maximum Gasteiger partial charge on any atom is 0.375 e. The van der Waals surface area contributed by atoms with Crippen LogP contribution in [0.1, 0.15) is 34.8 Å². The molecule has 6 nitrogen and oxygen atoms in total. The van der Waals surface area contributed by atoms with Crippen LogP contribution in [0.4, 0.5) is 0 Å². The standard InChI is InChI=1S/C21H18O6/c1-3-25-15-10-8-14(9-11-15)20(23)13(2)26-21(24)19-12-17(22)16-6-4-5-7-18(16)27-19/h4-13H,3H2,1-2H3/t13-/m0/s1. The van der Waals surface area contributed by atoms with Crippen LogP contribution in [0.2, 0.25) is 0 Å². The lowest BCUT2D eigenvalue weighted by molar-refractivity contribution is 0.0289. The van der Waals surface area contributed by atoms with E-state index in [2.05, 4.69) is 0 Å². The molecule has 0 aliphatic carbocycles. The SMILES string of the molecule is CCOc1ccc(C(=O)[C@H](C)OC(=O)c2cc(=O)c3ccccc3o2)cc1. The molecule has 3 rings (SSSR count). The number of para-hydroxylation sites is 1. The number of hydrogen-bond acceptors (Lipinski definition) is 6. The van der Waals surface area contributed by atoms with Crippen LogP contribution in [0.3, 0.4) is 0 Å². The molecule has 0 fully saturated rings. The molecule has 1 heterocycles. The number of ether oxygens (including phenoxy) is 2. The number of fused-ring (bicyclic) bond motifs is 1. The summed E-state index contributed by atoms with van der Waals surface area (Å²) in [5.74, 6) is -0.833. The van der Waals surface area contributed by atoms with E-state index in [1.54, 1.807) is 48.5 Å². The van der Waals surface area contributed by atoms with E-state index < -0.39 is 12.1 Å². The molecule has 0 saturated heterocycles. The summed E-state index contributed by atoms with van der Waals surface area (Å²) in [6.07, 6.45) is -1.03. The van der Waals surface area contributed by atoms with Gasteiger partial charge in [0.1, 0.15) is 11.3 Å². The molecule has 138 valence electrons. The van der Waals surface area contributed by atoms with Crippen LogP contribution in [-0.4, -0.2) is 24.5 Å². The zero-order valence-electron chi connectivity index (χ0n) is 14.9. The topological polar surface area (TPSA) is 82.8 Å². The Labute approximate surface area is 155 Å². The van der Waals surface area contributed by atoms with Gasteiger partial charge in [-0.05, 0) is 50.2 Å². The Balaban J connectivity index is 1.75. The second kappa shape index (κ2) is 7.86. The first-order chi connectivity index (χ1) is 13.0. The highest BCUT2D eigenvalue weighted by atomic mass is 16.6. The number of ketones is 1. The summed E-state index contributed by atoms with van der Waals surface area (Å²) in [5, 5.41) is 0.368. The second-order valence-corrected chi connectivity index (χ2v) is 5.84. The van der Waals surface area contributed by atoms with Crippen molar-refractivity contribution in [3.05, 3.63) is 76.1 Å². The summed E-state index contributed by atoms with van der Waals surface area (Å²) in [7, 11) is 0. The third-order valence-electron chi connectivity index (χ3n) is 3.94. The fraction of sp³-hybridized carbons (Fsp3) is 0.190. The second-order valence-electron chi connectivity index (χ2n) is 5.84. The van der Waals surface area contributed by atoms with Crippen LogP contribution in [0.25, 0.3) is 11.0 Å². The summed E-state index contributed by atoms with van der Waals surface area (Å²) < 4.78 is 15.9. The Hall–Kier alpha value is -3.41. The molecule has 0 saturated carbocycles. The molecule has 27 heavy (non-hydrogen) atoms. The quantitative estimate of drug-likeness (QED) is 0.489. The number of carbonyl (C=O) groups excluding carboxylic acids is 2. The van der Waals surface area contributed by atoms with Gasteiger partial charge in [0, 0.05) is 11.6 Å². The van der Waals surface area contributed by atoms with Gasteiger partial charge in [0.15, 0.2) is 11.5 Å². The molecule has 0 radical (unpaired) electrons. The maximum absolute atomic E-state index is 12.4. The van der Waals surface area contributed by atoms with Crippen LogP contribution >= 0.6 is 0 Å². The van der Waals surface area contributed by atoms with E-state index in [4.69, 9.17) is 13.9 Å². The van der Waals surface area contributed by atoms with E-state index in [9.17, 15) is 14.4 Å². The van der Waals surface area contributed by atoms with Gasteiger partial charge in [0.05, 0.1) is 12.0 Å². The molecule has 0 amide bonds. The van der Waals surface area contributed by atoms with Gasteiger partial charge in [-0.25, -0.2) is 4.79 Å². The van der Waals surface area contributed by atoms with E-state index in [0.717, 1.165) is 6.07 Å². The molecule has 0 aliphatic rings. The number of benzene rings is 2. The van der Waals surface area contributed by atoms with Crippen molar-refractivity contribution in [1.29, 1.82) is 0 Å². The van der Waals surface area contributed by atoms with Gasteiger partial charge in [0.2, 0.25) is 11.5 Å². The van der Waals surface area contributed by atoms with E-state index in [-0.39, 0.29) is 22.6 Å². The average Bonchev–Trinajstić information content (AvgIpc) is 2.68. The Bertz CT molecular complexity index is 1030. The largest absolute Gasteiger partial charge is 0.494 e.